The average Bonchev–Trinajstić information content (AvgIpc) is 2.66. The molecular weight excluding hydrogens is 395 g/mol. The van der Waals surface area contributed by atoms with Crippen molar-refractivity contribution in [3.63, 3.8) is 0 Å². The number of likely N-dealkylation sites (tertiary alicyclic amines) is 1. The van der Waals surface area contributed by atoms with E-state index >= 15 is 0 Å². The Kier molecular flexibility index (Phi) is 6.51. The SMILES string of the molecule is O=C([O-])CC1C2CCCC1CN(Cc1ccc3c(c1)Nc1nccnc1S3)C2.[Na+]. The van der Waals surface area contributed by atoms with Crippen molar-refractivity contribution in [2.75, 3.05) is 18.4 Å². The normalized spacial score (nSPS) is 25.2. The number of piperidine rings is 1. The molecule has 5 rings (SSSR count). The van der Waals surface area contributed by atoms with Crippen molar-refractivity contribution < 1.29 is 39.5 Å². The smallest absolute Gasteiger partial charge is 0.550 e. The predicted octanol–water partition coefficient (Wildman–Crippen LogP) is -0.323. The van der Waals surface area contributed by atoms with Crippen LogP contribution in [0.3, 0.4) is 0 Å². The fraction of sp³-hybridized carbons (Fsp3) is 0.476. The molecule has 6 nitrogen and oxygen atoms in total. The van der Waals surface area contributed by atoms with Crippen LogP contribution in [0.2, 0.25) is 0 Å². The molecule has 1 saturated carbocycles. The van der Waals surface area contributed by atoms with E-state index in [9.17, 15) is 9.90 Å². The van der Waals surface area contributed by atoms with Gasteiger partial charge in [0.2, 0.25) is 0 Å². The first kappa shape index (κ1) is 21.1. The number of benzene rings is 1. The van der Waals surface area contributed by atoms with Crippen molar-refractivity contribution in [1.82, 2.24) is 14.9 Å². The summed E-state index contributed by atoms with van der Waals surface area (Å²) in [7, 11) is 0. The largest absolute Gasteiger partial charge is 1.00 e. The van der Waals surface area contributed by atoms with Gasteiger partial charge in [0.25, 0.3) is 0 Å². The van der Waals surface area contributed by atoms with Crippen molar-refractivity contribution in [1.29, 1.82) is 0 Å². The van der Waals surface area contributed by atoms with Crippen molar-refractivity contribution >= 4 is 29.2 Å². The van der Waals surface area contributed by atoms with E-state index in [0.717, 1.165) is 49.0 Å². The maximum Gasteiger partial charge on any atom is 1.00 e. The van der Waals surface area contributed by atoms with E-state index in [1.807, 2.05) is 0 Å². The molecule has 8 heteroatoms. The molecule has 0 amide bonds. The monoisotopic (exact) mass is 418 g/mol. The Morgan fingerprint density at radius 2 is 1.97 bits per heavy atom. The zero-order chi connectivity index (χ0) is 19.1. The molecule has 2 bridgehead atoms. The third-order valence-corrected chi connectivity index (χ3v) is 7.39. The first-order chi connectivity index (χ1) is 13.7. The average molecular weight is 418 g/mol. The Labute approximate surface area is 197 Å². The summed E-state index contributed by atoms with van der Waals surface area (Å²) in [4.78, 5) is 23.6. The van der Waals surface area contributed by atoms with Crippen molar-refractivity contribution in [2.24, 2.45) is 17.8 Å². The van der Waals surface area contributed by atoms with Crippen LogP contribution in [-0.4, -0.2) is 33.9 Å². The first-order valence-electron chi connectivity index (χ1n) is 9.97. The van der Waals surface area contributed by atoms with Crippen LogP contribution in [0, 0.1) is 17.8 Å². The Morgan fingerprint density at radius 3 is 2.72 bits per heavy atom. The van der Waals surface area contributed by atoms with Gasteiger partial charge >= 0.3 is 29.6 Å². The molecule has 3 heterocycles. The van der Waals surface area contributed by atoms with E-state index in [0.29, 0.717) is 17.8 Å². The number of carboxylic acids is 1. The van der Waals surface area contributed by atoms with E-state index < -0.39 is 5.97 Å². The van der Waals surface area contributed by atoms with E-state index in [4.69, 9.17) is 0 Å². The minimum Gasteiger partial charge on any atom is -0.550 e. The Balaban J connectivity index is 0.00000205. The number of aromatic nitrogens is 2. The molecule has 1 aromatic carbocycles. The molecule has 2 aromatic rings. The molecule has 146 valence electrons. The molecule has 0 spiro atoms. The number of hydrogen-bond donors (Lipinski definition) is 1. The zero-order valence-corrected chi connectivity index (χ0v) is 19.5. The van der Waals surface area contributed by atoms with Crippen molar-refractivity contribution in [3.05, 3.63) is 36.2 Å². The summed E-state index contributed by atoms with van der Waals surface area (Å²) in [6.45, 7) is 2.88. The summed E-state index contributed by atoms with van der Waals surface area (Å²) < 4.78 is 0. The molecule has 3 aliphatic rings. The summed E-state index contributed by atoms with van der Waals surface area (Å²) in [5.41, 5.74) is 2.36. The molecular formula is C21H23N4NaO2S. The Bertz CT molecular complexity index is 898. The number of carbonyl (C=O) groups is 1. The third kappa shape index (κ3) is 4.49. The number of nitrogens with zero attached hydrogens (tertiary/aromatic N) is 3. The molecule has 1 saturated heterocycles. The second-order valence-electron chi connectivity index (χ2n) is 8.15. The standard InChI is InChI=1S/C21H24N4O2S.Na/c26-19(27)9-16-14-2-1-3-15(16)12-25(11-14)10-13-4-5-18-17(8-13)24-20-21(28-18)23-7-6-22-20;/h4-8,14-16H,1-3,9-12H2,(H,22,24)(H,26,27);/q;+1/p-1. The Hall–Kier alpha value is -1.12. The van der Waals surface area contributed by atoms with E-state index in [2.05, 4.69) is 38.4 Å². The summed E-state index contributed by atoms with van der Waals surface area (Å²) in [5, 5.41) is 15.5. The van der Waals surface area contributed by atoms with Gasteiger partial charge < -0.3 is 15.2 Å². The molecule has 2 fully saturated rings. The molecule has 2 unspecified atom stereocenters. The van der Waals surface area contributed by atoms with Gasteiger partial charge in [-0.05, 0) is 54.7 Å². The number of aliphatic carboxylic acids is 1. The summed E-state index contributed by atoms with van der Waals surface area (Å²) >= 11 is 1.65. The number of rotatable bonds is 4. The summed E-state index contributed by atoms with van der Waals surface area (Å²) in [5.74, 6) is 1.19. The van der Waals surface area contributed by atoms with Crippen molar-refractivity contribution in [3.8, 4) is 0 Å². The van der Waals surface area contributed by atoms with Gasteiger partial charge in [-0.1, -0.05) is 24.2 Å². The fourth-order valence-electron chi connectivity index (χ4n) is 5.14. The van der Waals surface area contributed by atoms with Gasteiger partial charge in [-0.3, -0.25) is 4.90 Å². The number of fused-ring (bicyclic) bond motifs is 4. The van der Waals surface area contributed by atoms with Gasteiger partial charge in [0.1, 0.15) is 5.03 Å². The van der Waals surface area contributed by atoms with Crippen LogP contribution in [0.4, 0.5) is 11.5 Å². The fourth-order valence-corrected chi connectivity index (χ4v) is 6.02. The number of hydrogen-bond acceptors (Lipinski definition) is 7. The molecule has 1 N–H and O–H groups in total. The predicted molar refractivity (Wildman–Crippen MR) is 105 cm³/mol. The van der Waals surface area contributed by atoms with Crippen LogP contribution in [0.15, 0.2) is 40.5 Å². The van der Waals surface area contributed by atoms with Gasteiger partial charge in [-0.25, -0.2) is 9.97 Å². The van der Waals surface area contributed by atoms with Crippen molar-refractivity contribution in [2.45, 2.75) is 42.1 Å². The molecule has 2 atom stereocenters. The number of anilines is 2. The van der Waals surface area contributed by atoms with Crippen LogP contribution in [0.25, 0.3) is 0 Å². The summed E-state index contributed by atoms with van der Waals surface area (Å²) in [6, 6.07) is 6.56. The number of carbonyl (C=O) groups excluding carboxylic acids is 1. The Morgan fingerprint density at radius 1 is 1.21 bits per heavy atom. The molecule has 29 heavy (non-hydrogen) atoms. The third-order valence-electron chi connectivity index (χ3n) is 6.32. The molecule has 1 aliphatic carbocycles. The second kappa shape index (κ2) is 8.94. The van der Waals surface area contributed by atoms with Crippen LogP contribution < -0.4 is 40.0 Å². The first-order valence-corrected chi connectivity index (χ1v) is 10.8. The van der Waals surface area contributed by atoms with Gasteiger partial charge in [0.05, 0.1) is 5.69 Å². The van der Waals surface area contributed by atoms with Crippen LogP contribution >= 0.6 is 11.8 Å². The quantitative estimate of drug-likeness (QED) is 0.582. The van der Waals surface area contributed by atoms with Crippen LogP contribution in [-0.2, 0) is 11.3 Å². The van der Waals surface area contributed by atoms with Gasteiger partial charge in [0.15, 0.2) is 5.82 Å². The van der Waals surface area contributed by atoms with E-state index in [-0.39, 0.29) is 36.0 Å². The topological polar surface area (TPSA) is 81.2 Å². The maximum absolute atomic E-state index is 11.2. The van der Waals surface area contributed by atoms with Gasteiger partial charge in [-0.15, -0.1) is 0 Å². The van der Waals surface area contributed by atoms with E-state index in [1.165, 1.54) is 16.9 Å². The maximum atomic E-state index is 11.2. The number of carboxylic acid groups (broad SMARTS) is 1. The molecule has 2 aliphatic heterocycles. The van der Waals surface area contributed by atoms with E-state index in [1.54, 1.807) is 24.2 Å². The van der Waals surface area contributed by atoms with Crippen LogP contribution in [0.5, 0.6) is 0 Å². The molecule has 1 aromatic heterocycles. The minimum atomic E-state index is -0.892. The minimum absolute atomic E-state index is 0. The second-order valence-corrected chi connectivity index (χ2v) is 9.18. The summed E-state index contributed by atoms with van der Waals surface area (Å²) in [6.07, 6.45) is 7.16. The number of nitrogens with one attached hydrogen (secondary N) is 1. The molecule has 0 radical (unpaired) electrons. The van der Waals surface area contributed by atoms with Gasteiger partial charge in [-0.2, -0.15) is 0 Å². The van der Waals surface area contributed by atoms with Gasteiger partial charge in [0, 0.05) is 42.9 Å². The van der Waals surface area contributed by atoms with Crippen LogP contribution in [0.1, 0.15) is 31.2 Å². The zero-order valence-electron chi connectivity index (χ0n) is 16.6.